The number of anilines is 1. The van der Waals surface area contributed by atoms with Crippen LogP contribution in [0.25, 0.3) is 0 Å². The van der Waals surface area contributed by atoms with Crippen molar-refractivity contribution in [2.45, 2.75) is 12.8 Å². The normalized spacial score (nSPS) is 10.6. The fourth-order valence-electron chi connectivity index (χ4n) is 1.09. The van der Waals surface area contributed by atoms with Crippen molar-refractivity contribution in [2.75, 3.05) is 5.32 Å². The minimum absolute atomic E-state index is 0.122. The van der Waals surface area contributed by atoms with Crippen molar-refractivity contribution in [3.05, 3.63) is 23.2 Å². The number of para-hydroxylation sites is 1. The van der Waals surface area contributed by atoms with Crippen LogP contribution in [0, 0.1) is 11.3 Å². The fraction of sp³-hybridized carbons (Fsp3) is 0.200. The first kappa shape index (κ1) is 14.1. The number of hydrogen-bond acceptors (Lipinski definition) is 3. The number of carbonyl (C=O) groups excluding carboxylic acids is 1. The number of carbonyl (C=O) groups is 1. The summed E-state index contributed by atoms with van der Waals surface area (Å²) in [7, 11) is 0. The highest BCUT2D eigenvalue weighted by Crippen LogP contribution is 2.35. The number of nitrogens with one attached hydrogen (secondary N) is 1. The molecule has 1 amide bonds. The number of nitrogens with zero attached hydrogens (tertiary/aromatic N) is 1. The molecule has 0 atom stereocenters. The van der Waals surface area contributed by atoms with E-state index in [9.17, 15) is 18.0 Å². The second kappa shape index (κ2) is 5.60. The summed E-state index contributed by atoms with van der Waals surface area (Å²) in [5.74, 6) is -1.42. The van der Waals surface area contributed by atoms with Crippen LogP contribution in [0.15, 0.2) is 18.2 Å². The predicted molar refractivity (Wildman–Crippen MR) is 57.0 cm³/mol. The predicted octanol–water partition coefficient (Wildman–Crippen LogP) is 3.09. The Morgan fingerprint density at radius 1 is 1.50 bits per heavy atom. The molecule has 0 radical (unpaired) electrons. The average molecular weight is 279 g/mol. The van der Waals surface area contributed by atoms with Crippen LogP contribution in [-0.4, -0.2) is 12.3 Å². The molecule has 1 rings (SSSR count). The lowest BCUT2D eigenvalue weighted by molar-refractivity contribution is -0.274. The van der Waals surface area contributed by atoms with Gasteiger partial charge in [-0.2, -0.15) is 5.26 Å². The molecule has 1 aromatic rings. The van der Waals surface area contributed by atoms with Crippen LogP contribution in [0.1, 0.15) is 6.42 Å². The third-order valence-electron chi connectivity index (χ3n) is 1.71. The molecule has 0 saturated carbocycles. The Labute approximate surface area is 105 Å². The molecule has 0 aliphatic rings. The van der Waals surface area contributed by atoms with Gasteiger partial charge in [0.05, 0.1) is 11.1 Å². The fourth-order valence-corrected chi connectivity index (χ4v) is 1.30. The Kier molecular flexibility index (Phi) is 4.39. The van der Waals surface area contributed by atoms with Crippen molar-refractivity contribution >= 4 is 23.2 Å². The molecule has 96 valence electrons. The quantitative estimate of drug-likeness (QED) is 0.924. The van der Waals surface area contributed by atoms with E-state index in [1.165, 1.54) is 12.1 Å². The monoisotopic (exact) mass is 278 g/mol. The SMILES string of the molecule is N#CCC(=O)Nc1c(Cl)cccc1OC(F)(F)F. The van der Waals surface area contributed by atoms with E-state index in [4.69, 9.17) is 16.9 Å². The molecule has 0 fully saturated rings. The summed E-state index contributed by atoms with van der Waals surface area (Å²) in [6, 6.07) is 5.08. The van der Waals surface area contributed by atoms with Crippen LogP contribution < -0.4 is 10.1 Å². The Morgan fingerprint density at radius 2 is 2.17 bits per heavy atom. The van der Waals surface area contributed by atoms with Gasteiger partial charge in [0.25, 0.3) is 0 Å². The molecule has 0 spiro atoms. The largest absolute Gasteiger partial charge is 0.573 e. The number of amides is 1. The molecule has 0 bridgehead atoms. The summed E-state index contributed by atoms with van der Waals surface area (Å²) < 4.78 is 40.0. The highest BCUT2D eigenvalue weighted by atomic mass is 35.5. The lowest BCUT2D eigenvalue weighted by atomic mass is 10.3. The first-order valence-corrected chi connectivity index (χ1v) is 4.92. The zero-order chi connectivity index (χ0) is 13.8. The van der Waals surface area contributed by atoms with Crippen molar-refractivity contribution < 1.29 is 22.7 Å². The standard InChI is InChI=1S/C10H6ClF3N2O2/c11-6-2-1-3-7(18-10(12,13)14)9(6)16-8(17)4-5-15/h1-3H,4H2,(H,16,17). The number of ether oxygens (including phenoxy) is 1. The van der Waals surface area contributed by atoms with E-state index in [1.807, 2.05) is 0 Å². The van der Waals surface area contributed by atoms with Crippen LogP contribution >= 0.6 is 11.6 Å². The lowest BCUT2D eigenvalue weighted by Crippen LogP contribution is -2.19. The molecule has 0 aromatic heterocycles. The van der Waals surface area contributed by atoms with Crippen molar-refractivity contribution in [3.8, 4) is 11.8 Å². The summed E-state index contributed by atoms with van der Waals surface area (Å²) in [4.78, 5) is 11.2. The number of benzene rings is 1. The molecule has 4 nitrogen and oxygen atoms in total. The van der Waals surface area contributed by atoms with E-state index >= 15 is 0 Å². The van der Waals surface area contributed by atoms with E-state index in [2.05, 4.69) is 10.1 Å². The van der Waals surface area contributed by atoms with E-state index in [0.29, 0.717) is 0 Å². The van der Waals surface area contributed by atoms with Gasteiger partial charge in [0, 0.05) is 0 Å². The first-order valence-electron chi connectivity index (χ1n) is 4.54. The van der Waals surface area contributed by atoms with Gasteiger partial charge in [-0.1, -0.05) is 17.7 Å². The third kappa shape index (κ3) is 4.14. The van der Waals surface area contributed by atoms with Gasteiger partial charge in [-0.25, -0.2) is 0 Å². The molecule has 0 saturated heterocycles. The molecule has 0 aliphatic heterocycles. The van der Waals surface area contributed by atoms with Gasteiger partial charge in [0.2, 0.25) is 5.91 Å². The van der Waals surface area contributed by atoms with Crippen molar-refractivity contribution in [1.29, 1.82) is 5.26 Å². The second-order valence-corrected chi connectivity index (χ2v) is 3.45. The van der Waals surface area contributed by atoms with Gasteiger partial charge in [-0.05, 0) is 12.1 Å². The molecular weight excluding hydrogens is 273 g/mol. The van der Waals surface area contributed by atoms with Crippen molar-refractivity contribution in [3.63, 3.8) is 0 Å². The van der Waals surface area contributed by atoms with Crippen LogP contribution in [0.5, 0.6) is 5.75 Å². The van der Waals surface area contributed by atoms with Gasteiger partial charge in [0.1, 0.15) is 12.1 Å². The second-order valence-electron chi connectivity index (χ2n) is 3.04. The van der Waals surface area contributed by atoms with Gasteiger partial charge in [-0.3, -0.25) is 4.79 Å². The summed E-state index contributed by atoms with van der Waals surface area (Å²) >= 11 is 5.66. The average Bonchev–Trinajstić information content (AvgIpc) is 2.21. The summed E-state index contributed by atoms with van der Waals surface area (Å²) in [5, 5.41) is 10.2. The minimum Gasteiger partial charge on any atom is -0.404 e. The zero-order valence-electron chi connectivity index (χ0n) is 8.71. The number of hydrogen-bond donors (Lipinski definition) is 1. The van der Waals surface area contributed by atoms with Crippen molar-refractivity contribution in [2.24, 2.45) is 0 Å². The number of rotatable bonds is 3. The van der Waals surface area contributed by atoms with E-state index in [0.717, 1.165) is 6.07 Å². The maximum Gasteiger partial charge on any atom is 0.573 e. The van der Waals surface area contributed by atoms with Crippen LogP contribution in [0.2, 0.25) is 5.02 Å². The Morgan fingerprint density at radius 3 is 2.72 bits per heavy atom. The number of halogens is 4. The highest BCUT2D eigenvalue weighted by Gasteiger charge is 2.32. The van der Waals surface area contributed by atoms with Gasteiger partial charge < -0.3 is 10.1 Å². The van der Waals surface area contributed by atoms with Crippen LogP contribution in [0.3, 0.4) is 0 Å². The van der Waals surface area contributed by atoms with Crippen LogP contribution in [0.4, 0.5) is 18.9 Å². The zero-order valence-corrected chi connectivity index (χ0v) is 9.47. The molecule has 0 unspecified atom stereocenters. The van der Waals surface area contributed by atoms with E-state index in [1.54, 1.807) is 6.07 Å². The lowest BCUT2D eigenvalue weighted by Gasteiger charge is -2.14. The van der Waals surface area contributed by atoms with E-state index in [-0.39, 0.29) is 10.7 Å². The smallest absolute Gasteiger partial charge is 0.404 e. The molecule has 1 aromatic carbocycles. The van der Waals surface area contributed by atoms with E-state index < -0.39 is 24.4 Å². The third-order valence-corrected chi connectivity index (χ3v) is 2.02. The van der Waals surface area contributed by atoms with Gasteiger partial charge >= 0.3 is 6.36 Å². The minimum atomic E-state index is -4.90. The number of alkyl halides is 3. The maximum absolute atomic E-state index is 12.1. The summed E-state index contributed by atoms with van der Waals surface area (Å²) in [5.41, 5.74) is -0.322. The Hall–Kier alpha value is -1.94. The van der Waals surface area contributed by atoms with Gasteiger partial charge in [0.15, 0.2) is 5.75 Å². The molecule has 1 N–H and O–H groups in total. The Bertz CT molecular complexity index is 497. The molecule has 0 heterocycles. The first-order chi connectivity index (χ1) is 8.33. The Balaban J connectivity index is 3.02. The topological polar surface area (TPSA) is 62.1 Å². The van der Waals surface area contributed by atoms with Gasteiger partial charge in [-0.15, -0.1) is 13.2 Å². The van der Waals surface area contributed by atoms with Crippen LogP contribution in [-0.2, 0) is 4.79 Å². The number of nitriles is 1. The highest BCUT2D eigenvalue weighted by molar-refractivity contribution is 6.34. The maximum atomic E-state index is 12.1. The molecule has 18 heavy (non-hydrogen) atoms. The van der Waals surface area contributed by atoms with Crippen molar-refractivity contribution in [1.82, 2.24) is 0 Å². The molecular formula is C10H6ClF3N2O2. The molecule has 8 heteroatoms. The molecule has 0 aliphatic carbocycles. The summed E-state index contributed by atoms with van der Waals surface area (Å²) in [6.07, 6.45) is -5.41. The summed E-state index contributed by atoms with van der Waals surface area (Å²) in [6.45, 7) is 0.